The van der Waals surface area contributed by atoms with E-state index >= 15 is 0 Å². The van der Waals surface area contributed by atoms with E-state index < -0.39 is 9.84 Å². The first kappa shape index (κ1) is 12.3. The summed E-state index contributed by atoms with van der Waals surface area (Å²) in [7, 11) is -3.04. The molecule has 0 spiro atoms. The Labute approximate surface area is 93.3 Å². The van der Waals surface area contributed by atoms with Gasteiger partial charge in [0.05, 0.1) is 12.2 Å². The molecule has 0 aromatic carbocycles. The summed E-state index contributed by atoms with van der Waals surface area (Å²) in [6, 6.07) is 0. The van der Waals surface area contributed by atoms with E-state index in [4.69, 9.17) is 0 Å². The predicted molar refractivity (Wildman–Crippen MR) is 59.9 cm³/mol. The van der Waals surface area contributed by atoms with E-state index in [1.807, 2.05) is 12.3 Å². The van der Waals surface area contributed by atoms with E-state index in [1.165, 1.54) is 11.3 Å². The van der Waals surface area contributed by atoms with Crippen LogP contribution in [-0.4, -0.2) is 31.2 Å². The lowest BCUT2D eigenvalue weighted by Crippen LogP contribution is -2.11. The van der Waals surface area contributed by atoms with Gasteiger partial charge in [-0.3, -0.25) is 4.79 Å². The number of hydrogen-bond donors (Lipinski definition) is 0. The van der Waals surface area contributed by atoms with E-state index in [-0.39, 0.29) is 24.4 Å². The van der Waals surface area contributed by atoms with E-state index in [0.29, 0.717) is 0 Å². The molecule has 15 heavy (non-hydrogen) atoms. The highest BCUT2D eigenvalue weighted by molar-refractivity contribution is 7.90. The van der Waals surface area contributed by atoms with E-state index in [2.05, 4.69) is 4.98 Å². The van der Waals surface area contributed by atoms with Gasteiger partial charge >= 0.3 is 0 Å². The second kappa shape index (κ2) is 4.85. The van der Waals surface area contributed by atoms with Gasteiger partial charge in [-0.15, -0.1) is 11.3 Å². The summed E-state index contributed by atoms with van der Waals surface area (Å²) in [5.74, 6) is -0.148. The molecule has 0 saturated carbocycles. The molecule has 0 unspecified atom stereocenters. The monoisotopic (exact) mass is 247 g/mol. The maximum absolute atomic E-state index is 11.4. The normalized spacial score (nSPS) is 11.6. The fourth-order valence-electron chi connectivity index (χ4n) is 1.04. The Morgan fingerprint density at radius 1 is 1.53 bits per heavy atom. The second-order valence-electron chi connectivity index (χ2n) is 3.48. The Hall–Kier alpha value is -0.750. The highest BCUT2D eigenvalue weighted by Crippen LogP contribution is 2.10. The first-order valence-electron chi connectivity index (χ1n) is 4.47. The zero-order valence-corrected chi connectivity index (χ0v) is 10.3. The molecule has 0 bridgehead atoms. The lowest BCUT2D eigenvalue weighted by Gasteiger charge is -1.97. The van der Waals surface area contributed by atoms with E-state index in [0.717, 1.165) is 17.0 Å². The van der Waals surface area contributed by atoms with Crippen LogP contribution >= 0.6 is 11.3 Å². The number of carbonyl (C=O) groups is 1. The molecule has 0 fully saturated rings. The van der Waals surface area contributed by atoms with Gasteiger partial charge in [-0.25, -0.2) is 13.4 Å². The summed E-state index contributed by atoms with van der Waals surface area (Å²) in [6.45, 7) is 1.86. The maximum Gasteiger partial charge on any atom is 0.147 e. The third-order valence-electron chi connectivity index (χ3n) is 1.77. The number of Topliss-reactive ketones (excluding diaryl/α,β-unsaturated/α-hetero) is 1. The molecule has 0 aliphatic carbocycles. The summed E-state index contributed by atoms with van der Waals surface area (Å²) in [6.07, 6.45) is 1.46. The molecule has 1 aromatic rings. The van der Waals surface area contributed by atoms with Crippen LogP contribution in [0.5, 0.6) is 0 Å². The van der Waals surface area contributed by atoms with Gasteiger partial charge in [0.1, 0.15) is 20.6 Å². The molecular weight excluding hydrogens is 234 g/mol. The molecule has 4 nitrogen and oxygen atoms in total. The van der Waals surface area contributed by atoms with Crippen molar-refractivity contribution in [2.24, 2.45) is 0 Å². The molecule has 1 rings (SSSR count). The third kappa shape index (κ3) is 5.03. The number of thiazole rings is 1. The van der Waals surface area contributed by atoms with Gasteiger partial charge in [0.15, 0.2) is 0 Å². The number of rotatable bonds is 5. The van der Waals surface area contributed by atoms with E-state index in [1.54, 1.807) is 0 Å². The number of carbonyl (C=O) groups excluding carboxylic acids is 1. The summed E-state index contributed by atoms with van der Waals surface area (Å²) < 4.78 is 21.7. The van der Waals surface area contributed by atoms with Crippen LogP contribution < -0.4 is 0 Å². The largest absolute Gasteiger partial charge is 0.299 e. The lowest BCUT2D eigenvalue weighted by molar-refractivity contribution is -0.118. The molecule has 0 saturated heterocycles. The van der Waals surface area contributed by atoms with Gasteiger partial charge in [0.2, 0.25) is 0 Å². The first-order chi connectivity index (χ1) is 6.87. The average Bonchev–Trinajstić information content (AvgIpc) is 2.47. The molecule has 0 amide bonds. The van der Waals surface area contributed by atoms with Gasteiger partial charge in [0, 0.05) is 23.8 Å². The van der Waals surface area contributed by atoms with Crippen LogP contribution in [0.2, 0.25) is 0 Å². The van der Waals surface area contributed by atoms with Gasteiger partial charge in [0.25, 0.3) is 0 Å². The number of sulfone groups is 1. The zero-order valence-electron chi connectivity index (χ0n) is 8.69. The van der Waals surface area contributed by atoms with Crippen LogP contribution in [0.1, 0.15) is 17.1 Å². The van der Waals surface area contributed by atoms with Crippen molar-refractivity contribution in [3.05, 3.63) is 16.1 Å². The Balaban J connectivity index is 2.44. The molecular formula is C9H13NO3S2. The molecule has 0 radical (unpaired) electrons. The maximum atomic E-state index is 11.4. The fourth-order valence-corrected chi connectivity index (χ4v) is 2.44. The molecule has 1 aromatic heterocycles. The minimum Gasteiger partial charge on any atom is -0.299 e. The highest BCUT2D eigenvalue weighted by Gasteiger charge is 2.10. The summed E-state index contributed by atoms with van der Waals surface area (Å²) in [4.78, 5) is 15.5. The average molecular weight is 247 g/mol. The van der Waals surface area contributed by atoms with Crippen molar-refractivity contribution >= 4 is 27.0 Å². The molecule has 84 valence electrons. The van der Waals surface area contributed by atoms with Crippen molar-refractivity contribution in [1.82, 2.24) is 4.98 Å². The number of aryl methyl sites for hydroxylation is 1. The van der Waals surface area contributed by atoms with Crippen molar-refractivity contribution in [2.45, 2.75) is 19.8 Å². The topological polar surface area (TPSA) is 64.1 Å². The first-order valence-corrected chi connectivity index (χ1v) is 7.41. The molecule has 0 aliphatic heterocycles. The Bertz CT molecular complexity index is 448. The zero-order chi connectivity index (χ0) is 11.5. The minimum absolute atomic E-state index is 0.0732. The van der Waals surface area contributed by atoms with Crippen molar-refractivity contribution in [2.75, 3.05) is 12.0 Å². The van der Waals surface area contributed by atoms with Crippen LogP contribution in [-0.2, 0) is 21.1 Å². The van der Waals surface area contributed by atoms with Crippen molar-refractivity contribution in [3.8, 4) is 0 Å². The summed E-state index contributed by atoms with van der Waals surface area (Å²) >= 11 is 1.43. The fraction of sp³-hybridized carbons (Fsp3) is 0.556. The SMILES string of the molecule is Cc1csc(CC(=O)CCS(C)(=O)=O)n1. The quantitative estimate of drug-likeness (QED) is 0.778. The molecule has 0 aliphatic rings. The van der Waals surface area contributed by atoms with Crippen LogP contribution in [0.15, 0.2) is 5.38 Å². The number of aromatic nitrogens is 1. The summed E-state index contributed by atoms with van der Waals surface area (Å²) in [5.41, 5.74) is 0.894. The Kier molecular flexibility index (Phi) is 3.98. The summed E-state index contributed by atoms with van der Waals surface area (Å²) in [5, 5.41) is 2.63. The molecule has 1 heterocycles. The Morgan fingerprint density at radius 3 is 2.67 bits per heavy atom. The third-order valence-corrected chi connectivity index (χ3v) is 3.68. The number of ketones is 1. The van der Waals surface area contributed by atoms with Crippen LogP contribution in [0, 0.1) is 6.92 Å². The van der Waals surface area contributed by atoms with Crippen molar-refractivity contribution in [3.63, 3.8) is 0 Å². The smallest absolute Gasteiger partial charge is 0.147 e. The molecule has 0 atom stereocenters. The van der Waals surface area contributed by atoms with Gasteiger partial charge in [-0.2, -0.15) is 0 Å². The van der Waals surface area contributed by atoms with E-state index in [9.17, 15) is 13.2 Å². The van der Waals surface area contributed by atoms with Gasteiger partial charge < -0.3 is 0 Å². The minimum atomic E-state index is -3.04. The van der Waals surface area contributed by atoms with Crippen LogP contribution in [0.3, 0.4) is 0 Å². The van der Waals surface area contributed by atoms with Crippen LogP contribution in [0.4, 0.5) is 0 Å². The van der Waals surface area contributed by atoms with Crippen LogP contribution in [0.25, 0.3) is 0 Å². The highest BCUT2D eigenvalue weighted by atomic mass is 32.2. The Morgan fingerprint density at radius 2 is 2.20 bits per heavy atom. The number of nitrogens with zero attached hydrogens (tertiary/aromatic N) is 1. The standard InChI is InChI=1S/C9H13NO3S2/c1-7-6-14-9(10-7)5-8(11)3-4-15(2,12)13/h6H,3-5H2,1-2H3. The predicted octanol–water partition coefficient (Wildman–Crippen LogP) is 0.998. The van der Waals surface area contributed by atoms with Crippen molar-refractivity contribution < 1.29 is 13.2 Å². The molecule has 0 N–H and O–H groups in total. The van der Waals surface area contributed by atoms with Gasteiger partial charge in [-0.05, 0) is 6.92 Å². The number of hydrogen-bond acceptors (Lipinski definition) is 5. The molecule has 6 heteroatoms. The van der Waals surface area contributed by atoms with Gasteiger partial charge in [-0.1, -0.05) is 0 Å². The van der Waals surface area contributed by atoms with Crippen molar-refractivity contribution in [1.29, 1.82) is 0 Å². The lowest BCUT2D eigenvalue weighted by atomic mass is 10.2. The second-order valence-corrected chi connectivity index (χ2v) is 6.68.